The molecule has 2 aromatic rings. The highest BCUT2D eigenvalue weighted by atomic mass is 16.6. The Morgan fingerprint density at radius 2 is 1.57 bits per heavy atom. The average Bonchev–Trinajstić information content (AvgIpc) is 2.56. The van der Waals surface area contributed by atoms with Crippen molar-refractivity contribution in [2.24, 2.45) is 0 Å². The summed E-state index contributed by atoms with van der Waals surface area (Å²) in [6, 6.07) is 19.1. The van der Waals surface area contributed by atoms with Gasteiger partial charge >= 0.3 is 5.97 Å². The number of rotatable bonds is 6. The van der Waals surface area contributed by atoms with Crippen LogP contribution in [-0.4, -0.2) is 18.7 Å². The monoisotopic (exact) mass is 283 g/mol. The van der Waals surface area contributed by atoms with Gasteiger partial charge in [0.25, 0.3) is 0 Å². The maximum Gasteiger partial charge on any atom is 0.340 e. The number of carbonyl (C=O) groups is 1. The molecule has 0 saturated carbocycles. The van der Waals surface area contributed by atoms with Gasteiger partial charge in [-0.15, -0.1) is 0 Å². The number of anilines is 1. The Kier molecular flexibility index (Phi) is 5.38. The zero-order valence-electron chi connectivity index (χ0n) is 12.5. The number of esters is 1. The van der Waals surface area contributed by atoms with Crippen LogP contribution in [0.15, 0.2) is 60.7 Å². The van der Waals surface area contributed by atoms with Crippen LogP contribution in [0.3, 0.4) is 0 Å². The Morgan fingerprint density at radius 3 is 2.10 bits per heavy atom. The van der Waals surface area contributed by atoms with Crippen molar-refractivity contribution in [3.05, 3.63) is 66.2 Å². The van der Waals surface area contributed by atoms with Crippen LogP contribution in [0.2, 0.25) is 0 Å². The molecule has 0 fully saturated rings. The molecule has 0 amide bonds. The summed E-state index contributed by atoms with van der Waals surface area (Å²) in [7, 11) is 0. The van der Waals surface area contributed by atoms with Gasteiger partial charge in [0.2, 0.25) is 0 Å². The second-order valence-corrected chi connectivity index (χ2v) is 4.76. The number of hydrogen-bond donors (Lipinski definition) is 0. The molecule has 2 aromatic carbocycles. The number of para-hydroxylation sites is 1. The Labute approximate surface area is 126 Å². The average molecular weight is 283 g/mol. The molecule has 0 aliphatic rings. The van der Waals surface area contributed by atoms with E-state index >= 15 is 0 Å². The molecule has 2 rings (SSSR count). The lowest BCUT2D eigenvalue weighted by Crippen LogP contribution is -2.38. The minimum Gasteiger partial charge on any atom is -0.438 e. The SMILES string of the molecule is CCC(OC(=O)c1ccccc1)N(CC)c1ccccc1. The number of nitrogens with zero attached hydrogens (tertiary/aromatic N) is 1. The molecule has 0 saturated heterocycles. The quantitative estimate of drug-likeness (QED) is 0.590. The lowest BCUT2D eigenvalue weighted by molar-refractivity contribution is 0.0286. The van der Waals surface area contributed by atoms with Crippen molar-refractivity contribution in [1.82, 2.24) is 0 Å². The van der Waals surface area contributed by atoms with Crippen LogP contribution in [0.5, 0.6) is 0 Å². The summed E-state index contributed by atoms with van der Waals surface area (Å²) in [6.45, 7) is 4.87. The molecule has 1 atom stereocenters. The summed E-state index contributed by atoms with van der Waals surface area (Å²) in [5, 5.41) is 0. The fourth-order valence-corrected chi connectivity index (χ4v) is 2.31. The summed E-state index contributed by atoms with van der Waals surface area (Å²) in [5.74, 6) is -0.281. The largest absolute Gasteiger partial charge is 0.438 e. The van der Waals surface area contributed by atoms with Gasteiger partial charge in [0, 0.05) is 18.7 Å². The van der Waals surface area contributed by atoms with Crippen molar-refractivity contribution < 1.29 is 9.53 Å². The highest BCUT2D eigenvalue weighted by Gasteiger charge is 2.20. The summed E-state index contributed by atoms with van der Waals surface area (Å²) in [4.78, 5) is 14.3. The Morgan fingerprint density at radius 1 is 1.00 bits per heavy atom. The zero-order valence-corrected chi connectivity index (χ0v) is 12.5. The molecule has 3 nitrogen and oxygen atoms in total. The number of benzene rings is 2. The van der Waals surface area contributed by atoms with E-state index in [9.17, 15) is 4.79 Å². The van der Waals surface area contributed by atoms with Crippen molar-refractivity contribution in [3.63, 3.8) is 0 Å². The fourth-order valence-electron chi connectivity index (χ4n) is 2.31. The molecular formula is C18H21NO2. The molecule has 0 spiro atoms. The molecule has 0 radical (unpaired) electrons. The van der Waals surface area contributed by atoms with Crippen LogP contribution in [-0.2, 0) is 4.74 Å². The van der Waals surface area contributed by atoms with E-state index in [1.807, 2.05) is 55.5 Å². The van der Waals surface area contributed by atoms with Gasteiger partial charge in [-0.1, -0.05) is 43.3 Å². The highest BCUT2D eigenvalue weighted by molar-refractivity contribution is 5.89. The van der Waals surface area contributed by atoms with E-state index < -0.39 is 0 Å². The van der Waals surface area contributed by atoms with E-state index in [-0.39, 0.29) is 12.2 Å². The summed E-state index contributed by atoms with van der Waals surface area (Å²) in [6.07, 6.45) is 0.478. The van der Waals surface area contributed by atoms with E-state index in [1.165, 1.54) is 0 Å². The first-order chi connectivity index (χ1) is 10.3. The second kappa shape index (κ2) is 7.48. The summed E-state index contributed by atoms with van der Waals surface area (Å²) in [5.41, 5.74) is 1.65. The smallest absolute Gasteiger partial charge is 0.340 e. The molecule has 1 unspecified atom stereocenters. The van der Waals surface area contributed by atoms with E-state index in [2.05, 4.69) is 11.8 Å². The Hall–Kier alpha value is -2.29. The van der Waals surface area contributed by atoms with Gasteiger partial charge in [0.05, 0.1) is 5.56 Å². The number of carbonyl (C=O) groups excluding carboxylic acids is 1. The Bertz CT molecular complexity index is 554. The van der Waals surface area contributed by atoms with E-state index in [4.69, 9.17) is 4.74 Å². The van der Waals surface area contributed by atoms with Gasteiger partial charge in [-0.2, -0.15) is 0 Å². The van der Waals surface area contributed by atoms with Gasteiger partial charge in [-0.25, -0.2) is 4.79 Å². The van der Waals surface area contributed by atoms with Gasteiger partial charge in [-0.3, -0.25) is 0 Å². The van der Waals surface area contributed by atoms with Gasteiger partial charge < -0.3 is 9.64 Å². The summed E-state index contributed by atoms with van der Waals surface area (Å²) < 4.78 is 5.68. The zero-order chi connectivity index (χ0) is 15.1. The highest BCUT2D eigenvalue weighted by Crippen LogP contribution is 2.19. The van der Waals surface area contributed by atoms with E-state index in [0.29, 0.717) is 5.56 Å². The standard InChI is InChI=1S/C18H21NO2/c1-3-17(19(4-2)16-13-9-6-10-14-16)21-18(20)15-11-7-5-8-12-15/h5-14,17H,3-4H2,1-2H3. The topological polar surface area (TPSA) is 29.5 Å². The predicted molar refractivity (Wildman–Crippen MR) is 85.4 cm³/mol. The van der Waals surface area contributed by atoms with Crippen molar-refractivity contribution in [3.8, 4) is 0 Å². The maximum absolute atomic E-state index is 12.2. The molecule has 0 heterocycles. The third-order valence-corrected chi connectivity index (χ3v) is 3.38. The lowest BCUT2D eigenvalue weighted by atomic mass is 10.2. The summed E-state index contributed by atoms with van der Waals surface area (Å²) >= 11 is 0. The van der Waals surface area contributed by atoms with Crippen molar-refractivity contribution in [2.75, 3.05) is 11.4 Å². The van der Waals surface area contributed by atoms with Gasteiger partial charge in [0.15, 0.2) is 6.23 Å². The van der Waals surface area contributed by atoms with Crippen LogP contribution < -0.4 is 4.90 Å². The van der Waals surface area contributed by atoms with Crippen molar-refractivity contribution in [2.45, 2.75) is 26.5 Å². The normalized spacial score (nSPS) is 11.7. The fraction of sp³-hybridized carbons (Fsp3) is 0.278. The molecule has 110 valence electrons. The predicted octanol–water partition coefficient (Wildman–Crippen LogP) is 4.11. The third kappa shape index (κ3) is 3.85. The van der Waals surface area contributed by atoms with Gasteiger partial charge in [0.1, 0.15) is 0 Å². The van der Waals surface area contributed by atoms with E-state index in [1.54, 1.807) is 12.1 Å². The van der Waals surface area contributed by atoms with Crippen LogP contribution in [0.25, 0.3) is 0 Å². The third-order valence-electron chi connectivity index (χ3n) is 3.38. The van der Waals surface area contributed by atoms with Crippen molar-refractivity contribution in [1.29, 1.82) is 0 Å². The first-order valence-electron chi connectivity index (χ1n) is 7.34. The molecule has 0 aromatic heterocycles. The molecule has 21 heavy (non-hydrogen) atoms. The second-order valence-electron chi connectivity index (χ2n) is 4.76. The number of ether oxygens (including phenoxy) is 1. The van der Waals surface area contributed by atoms with Gasteiger partial charge in [-0.05, 0) is 31.2 Å². The molecule has 0 aliphatic heterocycles. The number of hydrogen-bond acceptors (Lipinski definition) is 3. The first-order valence-corrected chi connectivity index (χ1v) is 7.34. The maximum atomic E-state index is 12.2. The minimum absolute atomic E-state index is 0.259. The molecule has 0 bridgehead atoms. The first kappa shape index (κ1) is 15.1. The van der Waals surface area contributed by atoms with Crippen LogP contribution in [0, 0.1) is 0 Å². The molecule has 0 aliphatic carbocycles. The van der Waals surface area contributed by atoms with Crippen LogP contribution in [0.4, 0.5) is 5.69 Å². The lowest BCUT2D eigenvalue weighted by Gasteiger charge is -2.31. The molecule has 0 N–H and O–H groups in total. The molecular weight excluding hydrogens is 262 g/mol. The minimum atomic E-state index is -0.281. The van der Waals surface area contributed by atoms with Crippen LogP contribution in [0.1, 0.15) is 30.6 Å². The van der Waals surface area contributed by atoms with E-state index in [0.717, 1.165) is 18.7 Å². The van der Waals surface area contributed by atoms with Crippen molar-refractivity contribution >= 4 is 11.7 Å². The van der Waals surface area contributed by atoms with Crippen LogP contribution >= 0.6 is 0 Å². The Balaban J connectivity index is 2.13. The molecule has 3 heteroatoms.